The Morgan fingerprint density at radius 2 is 1.67 bits per heavy atom. The van der Waals surface area contributed by atoms with Gasteiger partial charge in [0.1, 0.15) is 18.1 Å². The van der Waals surface area contributed by atoms with Crippen LogP contribution in [0, 0.1) is 0 Å². The molecule has 0 unspecified atom stereocenters. The van der Waals surface area contributed by atoms with E-state index in [0.717, 1.165) is 49.2 Å². The molecule has 1 fully saturated rings. The smallest absolute Gasteiger partial charge is 0.119 e. The van der Waals surface area contributed by atoms with Crippen molar-refractivity contribution in [2.24, 2.45) is 0 Å². The summed E-state index contributed by atoms with van der Waals surface area (Å²) < 4.78 is 11.0. The van der Waals surface area contributed by atoms with E-state index >= 15 is 0 Å². The van der Waals surface area contributed by atoms with Gasteiger partial charge in [-0.2, -0.15) is 0 Å². The summed E-state index contributed by atoms with van der Waals surface area (Å²) in [6.07, 6.45) is 0. The van der Waals surface area contributed by atoms with Gasteiger partial charge in [0.05, 0.1) is 7.11 Å². The first kappa shape index (κ1) is 16.9. The molecule has 0 bridgehead atoms. The first-order chi connectivity index (χ1) is 11.7. The van der Waals surface area contributed by atoms with Crippen molar-refractivity contribution in [3.8, 4) is 11.5 Å². The number of anilines is 1. The van der Waals surface area contributed by atoms with Crippen LogP contribution in [0.1, 0.15) is 0 Å². The molecule has 5 heteroatoms. The Bertz CT molecular complexity index is 640. The summed E-state index contributed by atoms with van der Waals surface area (Å²) in [4.78, 5) is 4.82. The van der Waals surface area contributed by atoms with Crippen LogP contribution in [0.5, 0.6) is 11.5 Å². The molecule has 128 valence electrons. The fourth-order valence-electron chi connectivity index (χ4n) is 2.87. The molecule has 0 spiro atoms. The van der Waals surface area contributed by atoms with E-state index in [9.17, 15) is 0 Å². The molecule has 0 saturated carbocycles. The number of piperazine rings is 1. The SMILES string of the molecule is COc1ccc(OCCN2CCN(c3cccc(Cl)c3)CC2)cc1. The first-order valence-electron chi connectivity index (χ1n) is 8.24. The first-order valence-corrected chi connectivity index (χ1v) is 8.62. The van der Waals surface area contributed by atoms with Gasteiger partial charge in [0, 0.05) is 43.4 Å². The molecule has 2 aromatic rings. The lowest BCUT2D eigenvalue weighted by atomic mass is 10.2. The Kier molecular flexibility index (Phi) is 5.83. The maximum absolute atomic E-state index is 6.08. The summed E-state index contributed by atoms with van der Waals surface area (Å²) >= 11 is 6.08. The minimum atomic E-state index is 0.698. The third-order valence-corrected chi connectivity index (χ3v) is 4.52. The van der Waals surface area contributed by atoms with E-state index in [1.165, 1.54) is 5.69 Å². The van der Waals surface area contributed by atoms with Crippen LogP contribution in [0.25, 0.3) is 0 Å². The van der Waals surface area contributed by atoms with Crippen LogP contribution in [-0.4, -0.2) is 51.3 Å². The molecular formula is C19H23ClN2O2. The number of methoxy groups -OCH3 is 1. The third kappa shape index (κ3) is 4.56. The molecule has 2 aromatic carbocycles. The maximum atomic E-state index is 6.08. The Balaban J connectivity index is 1.40. The van der Waals surface area contributed by atoms with Crippen LogP contribution in [0.2, 0.25) is 5.02 Å². The molecule has 0 N–H and O–H groups in total. The highest BCUT2D eigenvalue weighted by atomic mass is 35.5. The molecule has 0 aliphatic carbocycles. The molecule has 3 rings (SSSR count). The number of ether oxygens (including phenoxy) is 2. The van der Waals surface area contributed by atoms with E-state index in [0.29, 0.717) is 6.61 Å². The van der Waals surface area contributed by atoms with Crippen LogP contribution in [0.15, 0.2) is 48.5 Å². The van der Waals surface area contributed by atoms with Crippen molar-refractivity contribution >= 4 is 17.3 Å². The van der Waals surface area contributed by atoms with E-state index in [-0.39, 0.29) is 0 Å². The van der Waals surface area contributed by atoms with Gasteiger partial charge in [-0.25, -0.2) is 0 Å². The van der Waals surface area contributed by atoms with Gasteiger partial charge in [0.25, 0.3) is 0 Å². The number of hydrogen-bond acceptors (Lipinski definition) is 4. The van der Waals surface area contributed by atoms with Crippen molar-refractivity contribution < 1.29 is 9.47 Å². The lowest BCUT2D eigenvalue weighted by Gasteiger charge is -2.36. The lowest BCUT2D eigenvalue weighted by Crippen LogP contribution is -2.47. The average Bonchev–Trinajstić information content (AvgIpc) is 2.63. The average molecular weight is 347 g/mol. The highest BCUT2D eigenvalue weighted by molar-refractivity contribution is 6.30. The summed E-state index contributed by atoms with van der Waals surface area (Å²) in [5.74, 6) is 1.73. The van der Waals surface area contributed by atoms with E-state index in [4.69, 9.17) is 21.1 Å². The van der Waals surface area contributed by atoms with E-state index < -0.39 is 0 Å². The molecule has 4 nitrogen and oxygen atoms in total. The van der Waals surface area contributed by atoms with Gasteiger partial charge in [-0.3, -0.25) is 4.90 Å². The zero-order valence-electron chi connectivity index (χ0n) is 14.0. The van der Waals surface area contributed by atoms with Crippen LogP contribution in [0.4, 0.5) is 5.69 Å². The highest BCUT2D eigenvalue weighted by Crippen LogP contribution is 2.21. The van der Waals surface area contributed by atoms with Crippen LogP contribution in [-0.2, 0) is 0 Å². The lowest BCUT2D eigenvalue weighted by molar-refractivity contribution is 0.200. The highest BCUT2D eigenvalue weighted by Gasteiger charge is 2.17. The molecule has 24 heavy (non-hydrogen) atoms. The van der Waals surface area contributed by atoms with Crippen molar-refractivity contribution in [3.05, 3.63) is 53.6 Å². The Hall–Kier alpha value is -1.91. The Morgan fingerprint density at radius 1 is 0.958 bits per heavy atom. The number of rotatable bonds is 6. The minimum Gasteiger partial charge on any atom is -0.497 e. The fourth-order valence-corrected chi connectivity index (χ4v) is 3.05. The zero-order valence-corrected chi connectivity index (χ0v) is 14.7. The second kappa shape index (κ2) is 8.27. The molecule has 0 amide bonds. The molecule has 0 radical (unpaired) electrons. The van der Waals surface area contributed by atoms with Gasteiger partial charge < -0.3 is 14.4 Å². The van der Waals surface area contributed by atoms with Crippen molar-refractivity contribution in [2.45, 2.75) is 0 Å². The molecule has 1 aliphatic rings. The summed E-state index contributed by atoms with van der Waals surface area (Å²) in [5.41, 5.74) is 1.21. The molecule has 1 heterocycles. The summed E-state index contributed by atoms with van der Waals surface area (Å²) in [5, 5.41) is 0.794. The van der Waals surface area contributed by atoms with Gasteiger partial charge in [0.15, 0.2) is 0 Å². The molecular weight excluding hydrogens is 324 g/mol. The summed E-state index contributed by atoms with van der Waals surface area (Å²) in [7, 11) is 1.67. The monoisotopic (exact) mass is 346 g/mol. The number of benzene rings is 2. The van der Waals surface area contributed by atoms with Gasteiger partial charge in [-0.05, 0) is 42.5 Å². The van der Waals surface area contributed by atoms with E-state index in [2.05, 4.69) is 15.9 Å². The second-order valence-electron chi connectivity index (χ2n) is 5.83. The standard InChI is InChI=1S/C19H23ClN2O2/c1-23-18-5-7-19(8-6-18)24-14-13-21-9-11-22(12-10-21)17-4-2-3-16(20)15-17/h2-8,15H,9-14H2,1H3. The maximum Gasteiger partial charge on any atom is 0.119 e. The van der Waals surface area contributed by atoms with Crippen LogP contribution in [0.3, 0.4) is 0 Å². The molecule has 0 aromatic heterocycles. The Morgan fingerprint density at radius 3 is 2.33 bits per heavy atom. The third-order valence-electron chi connectivity index (χ3n) is 4.28. The summed E-state index contributed by atoms with van der Waals surface area (Å²) in [6.45, 7) is 5.75. The predicted octanol–water partition coefficient (Wildman–Crippen LogP) is 3.55. The molecule has 1 saturated heterocycles. The van der Waals surface area contributed by atoms with Crippen LogP contribution < -0.4 is 14.4 Å². The fraction of sp³-hybridized carbons (Fsp3) is 0.368. The van der Waals surface area contributed by atoms with Crippen molar-refractivity contribution in [1.29, 1.82) is 0 Å². The van der Waals surface area contributed by atoms with Crippen molar-refractivity contribution in [1.82, 2.24) is 4.90 Å². The molecule has 0 atom stereocenters. The van der Waals surface area contributed by atoms with Crippen molar-refractivity contribution in [2.75, 3.05) is 51.3 Å². The van der Waals surface area contributed by atoms with Crippen molar-refractivity contribution in [3.63, 3.8) is 0 Å². The predicted molar refractivity (Wildman–Crippen MR) is 98.6 cm³/mol. The minimum absolute atomic E-state index is 0.698. The normalized spacial score (nSPS) is 15.3. The number of nitrogens with zero attached hydrogens (tertiary/aromatic N) is 2. The molecule has 1 aliphatic heterocycles. The van der Waals surface area contributed by atoms with E-state index in [1.807, 2.05) is 42.5 Å². The van der Waals surface area contributed by atoms with Gasteiger partial charge >= 0.3 is 0 Å². The largest absolute Gasteiger partial charge is 0.497 e. The number of hydrogen-bond donors (Lipinski definition) is 0. The summed E-state index contributed by atoms with van der Waals surface area (Å²) in [6, 6.07) is 15.8. The number of halogens is 1. The Labute approximate surface area is 148 Å². The van der Waals surface area contributed by atoms with Gasteiger partial charge in [-0.1, -0.05) is 17.7 Å². The topological polar surface area (TPSA) is 24.9 Å². The quantitative estimate of drug-likeness (QED) is 0.798. The van der Waals surface area contributed by atoms with Crippen LogP contribution >= 0.6 is 11.6 Å². The zero-order chi connectivity index (χ0) is 16.8. The van der Waals surface area contributed by atoms with Gasteiger partial charge in [0.2, 0.25) is 0 Å². The van der Waals surface area contributed by atoms with E-state index in [1.54, 1.807) is 7.11 Å². The second-order valence-corrected chi connectivity index (χ2v) is 6.27. The van der Waals surface area contributed by atoms with Gasteiger partial charge in [-0.15, -0.1) is 0 Å².